The van der Waals surface area contributed by atoms with Crippen LogP contribution >= 0.6 is 0 Å². The number of para-hydroxylation sites is 1. The number of nitrogens with zero attached hydrogens (tertiary/aromatic N) is 2. The van der Waals surface area contributed by atoms with E-state index in [2.05, 4.69) is 15.4 Å². The Balaban J connectivity index is 2.24. The molecule has 0 saturated heterocycles. The monoisotopic (exact) mass is 258 g/mol. The van der Waals surface area contributed by atoms with Crippen molar-refractivity contribution in [3.8, 4) is 5.75 Å². The lowest BCUT2D eigenvalue weighted by Crippen LogP contribution is -2.30. The van der Waals surface area contributed by atoms with Crippen molar-refractivity contribution >= 4 is 0 Å². The second-order valence-electron chi connectivity index (χ2n) is 4.26. The van der Waals surface area contributed by atoms with Crippen LogP contribution in [0, 0.1) is 6.92 Å². The Kier molecular flexibility index (Phi) is 4.43. The fourth-order valence-corrected chi connectivity index (χ4v) is 2.01. The van der Waals surface area contributed by atoms with Gasteiger partial charge in [-0.25, -0.2) is 9.97 Å². The minimum atomic E-state index is -0.0713. The van der Waals surface area contributed by atoms with Crippen LogP contribution in [-0.2, 0) is 6.42 Å². The second-order valence-corrected chi connectivity index (χ2v) is 4.26. The van der Waals surface area contributed by atoms with Crippen molar-refractivity contribution in [3.05, 3.63) is 53.6 Å². The van der Waals surface area contributed by atoms with Crippen molar-refractivity contribution in [2.45, 2.75) is 19.4 Å². The van der Waals surface area contributed by atoms with Crippen LogP contribution in [0.5, 0.6) is 5.75 Å². The van der Waals surface area contributed by atoms with Gasteiger partial charge in [0.1, 0.15) is 11.6 Å². The average Bonchev–Trinajstić information content (AvgIpc) is 2.45. The zero-order valence-corrected chi connectivity index (χ0v) is 11.1. The highest BCUT2D eigenvalue weighted by Gasteiger charge is 2.14. The molecule has 19 heavy (non-hydrogen) atoms. The maximum Gasteiger partial charge on any atom is 0.125 e. The molecule has 5 nitrogen and oxygen atoms in total. The molecule has 0 fully saturated rings. The highest BCUT2D eigenvalue weighted by atomic mass is 16.5. The summed E-state index contributed by atoms with van der Waals surface area (Å²) in [5.74, 6) is 7.23. The summed E-state index contributed by atoms with van der Waals surface area (Å²) in [7, 11) is 1.67. The van der Waals surface area contributed by atoms with E-state index in [4.69, 9.17) is 10.6 Å². The Morgan fingerprint density at radius 2 is 2.11 bits per heavy atom. The number of aryl methyl sites for hydroxylation is 1. The number of aromatic nitrogens is 2. The molecule has 0 radical (unpaired) electrons. The van der Waals surface area contributed by atoms with Crippen molar-refractivity contribution in [1.82, 2.24) is 15.4 Å². The predicted molar refractivity (Wildman–Crippen MR) is 73.5 cm³/mol. The molecule has 1 aromatic carbocycles. The molecule has 0 aliphatic carbocycles. The first-order valence-electron chi connectivity index (χ1n) is 6.12. The van der Waals surface area contributed by atoms with Gasteiger partial charge >= 0.3 is 0 Å². The van der Waals surface area contributed by atoms with Gasteiger partial charge in [-0.2, -0.15) is 0 Å². The third-order valence-electron chi connectivity index (χ3n) is 2.97. The number of benzene rings is 1. The molecule has 0 spiro atoms. The van der Waals surface area contributed by atoms with Crippen LogP contribution in [0.2, 0.25) is 0 Å². The molecule has 0 amide bonds. The third-order valence-corrected chi connectivity index (χ3v) is 2.97. The molecule has 3 N–H and O–H groups in total. The van der Waals surface area contributed by atoms with E-state index in [0.717, 1.165) is 22.8 Å². The molecule has 1 aromatic heterocycles. The largest absolute Gasteiger partial charge is 0.496 e. The Labute approximate surface area is 112 Å². The summed E-state index contributed by atoms with van der Waals surface area (Å²) in [5.41, 5.74) is 4.76. The highest BCUT2D eigenvalue weighted by Crippen LogP contribution is 2.23. The molecule has 5 heteroatoms. The molecule has 1 heterocycles. The first-order chi connectivity index (χ1) is 9.24. The smallest absolute Gasteiger partial charge is 0.125 e. The van der Waals surface area contributed by atoms with Crippen molar-refractivity contribution in [2.75, 3.05) is 7.11 Å². The van der Waals surface area contributed by atoms with Gasteiger partial charge in [0.2, 0.25) is 0 Å². The van der Waals surface area contributed by atoms with Crippen LogP contribution in [-0.4, -0.2) is 17.1 Å². The Bertz CT molecular complexity index is 544. The number of hydrazine groups is 1. The number of nitrogens with two attached hydrogens (primary N) is 1. The van der Waals surface area contributed by atoms with Gasteiger partial charge < -0.3 is 4.74 Å². The van der Waals surface area contributed by atoms with Crippen LogP contribution in [0.25, 0.3) is 0 Å². The lowest BCUT2D eigenvalue weighted by Gasteiger charge is -2.17. The van der Waals surface area contributed by atoms with Crippen LogP contribution < -0.4 is 16.0 Å². The summed E-state index contributed by atoms with van der Waals surface area (Å²) in [6, 6.07) is 9.69. The van der Waals surface area contributed by atoms with Crippen LogP contribution in [0.15, 0.2) is 36.5 Å². The second kappa shape index (κ2) is 6.26. The van der Waals surface area contributed by atoms with E-state index in [1.165, 1.54) is 0 Å². The lowest BCUT2D eigenvalue weighted by molar-refractivity contribution is 0.405. The SMILES string of the molecule is COc1ccccc1CC(NN)c1ccnc(C)n1. The summed E-state index contributed by atoms with van der Waals surface area (Å²) in [5, 5.41) is 0. The molecule has 1 atom stereocenters. The van der Waals surface area contributed by atoms with E-state index in [0.29, 0.717) is 6.42 Å². The van der Waals surface area contributed by atoms with Crippen LogP contribution in [0.4, 0.5) is 0 Å². The Morgan fingerprint density at radius 3 is 2.79 bits per heavy atom. The summed E-state index contributed by atoms with van der Waals surface area (Å²) in [6.07, 6.45) is 2.45. The minimum Gasteiger partial charge on any atom is -0.496 e. The predicted octanol–water partition coefficient (Wildman–Crippen LogP) is 1.54. The number of hydrogen-bond donors (Lipinski definition) is 2. The first kappa shape index (κ1) is 13.5. The molecule has 1 unspecified atom stereocenters. The molecular weight excluding hydrogens is 240 g/mol. The van der Waals surface area contributed by atoms with E-state index in [1.54, 1.807) is 13.3 Å². The molecule has 2 rings (SSSR count). The molecule has 0 bridgehead atoms. The maximum atomic E-state index is 5.64. The van der Waals surface area contributed by atoms with Crippen molar-refractivity contribution < 1.29 is 4.74 Å². The summed E-state index contributed by atoms with van der Waals surface area (Å²) in [6.45, 7) is 1.86. The Hall–Kier alpha value is -1.98. The van der Waals surface area contributed by atoms with Gasteiger partial charge in [0.05, 0.1) is 18.8 Å². The van der Waals surface area contributed by atoms with Gasteiger partial charge in [0.15, 0.2) is 0 Å². The fourth-order valence-electron chi connectivity index (χ4n) is 2.01. The van der Waals surface area contributed by atoms with Crippen molar-refractivity contribution in [1.29, 1.82) is 0 Å². The minimum absolute atomic E-state index is 0.0713. The first-order valence-corrected chi connectivity index (χ1v) is 6.12. The quantitative estimate of drug-likeness (QED) is 0.628. The molecular formula is C14H18N4O. The number of nitrogens with one attached hydrogen (secondary N) is 1. The zero-order chi connectivity index (χ0) is 13.7. The van der Waals surface area contributed by atoms with E-state index in [-0.39, 0.29) is 6.04 Å². The van der Waals surface area contributed by atoms with E-state index in [1.807, 2.05) is 37.3 Å². The third kappa shape index (κ3) is 3.27. The van der Waals surface area contributed by atoms with Gasteiger partial charge in [-0.1, -0.05) is 18.2 Å². The maximum absolute atomic E-state index is 5.64. The number of ether oxygens (including phenoxy) is 1. The zero-order valence-electron chi connectivity index (χ0n) is 11.1. The highest BCUT2D eigenvalue weighted by molar-refractivity contribution is 5.34. The van der Waals surface area contributed by atoms with Gasteiger partial charge in [-0.05, 0) is 31.0 Å². The van der Waals surface area contributed by atoms with E-state index >= 15 is 0 Å². The number of methoxy groups -OCH3 is 1. The standard InChI is InChI=1S/C14H18N4O/c1-10-16-8-7-12(17-10)13(18-15)9-11-5-3-4-6-14(11)19-2/h3-8,13,18H,9,15H2,1-2H3. The van der Waals surface area contributed by atoms with Gasteiger partial charge in [0, 0.05) is 6.20 Å². The summed E-state index contributed by atoms with van der Waals surface area (Å²) >= 11 is 0. The molecule has 0 aliphatic heterocycles. The number of rotatable bonds is 5. The number of hydrogen-bond acceptors (Lipinski definition) is 5. The normalized spacial score (nSPS) is 12.2. The van der Waals surface area contributed by atoms with Gasteiger partial charge in [-0.3, -0.25) is 11.3 Å². The van der Waals surface area contributed by atoms with Crippen LogP contribution in [0.1, 0.15) is 23.1 Å². The van der Waals surface area contributed by atoms with Crippen LogP contribution in [0.3, 0.4) is 0 Å². The topological polar surface area (TPSA) is 73.1 Å². The van der Waals surface area contributed by atoms with Gasteiger partial charge in [0.25, 0.3) is 0 Å². The summed E-state index contributed by atoms with van der Waals surface area (Å²) in [4.78, 5) is 8.49. The lowest BCUT2D eigenvalue weighted by atomic mass is 10.0. The Morgan fingerprint density at radius 1 is 1.32 bits per heavy atom. The molecule has 2 aromatic rings. The van der Waals surface area contributed by atoms with E-state index < -0.39 is 0 Å². The molecule has 100 valence electrons. The fraction of sp³-hybridized carbons (Fsp3) is 0.286. The average molecular weight is 258 g/mol. The van der Waals surface area contributed by atoms with E-state index in [9.17, 15) is 0 Å². The van der Waals surface area contributed by atoms with Gasteiger partial charge in [-0.15, -0.1) is 0 Å². The molecule has 0 aliphatic rings. The van der Waals surface area contributed by atoms with Crippen molar-refractivity contribution in [3.63, 3.8) is 0 Å². The molecule has 0 saturated carbocycles. The van der Waals surface area contributed by atoms with Crippen molar-refractivity contribution in [2.24, 2.45) is 5.84 Å². The summed E-state index contributed by atoms with van der Waals surface area (Å²) < 4.78 is 5.35.